The Morgan fingerprint density at radius 1 is 1.22 bits per heavy atom. The number of carbonyl (C=O) groups is 1. The largest absolute Gasteiger partial charge is 0.445 e. The molecule has 1 aromatic heterocycles. The molecule has 0 aliphatic carbocycles. The fourth-order valence-electron chi connectivity index (χ4n) is 4.24. The van der Waals surface area contributed by atoms with Gasteiger partial charge in [-0.2, -0.15) is 5.26 Å². The van der Waals surface area contributed by atoms with Crippen molar-refractivity contribution in [2.75, 3.05) is 13.7 Å². The summed E-state index contributed by atoms with van der Waals surface area (Å²) in [5.41, 5.74) is 3.68. The van der Waals surface area contributed by atoms with Crippen LogP contribution in [0.4, 0.5) is 4.79 Å². The number of rotatable bonds is 6. The summed E-state index contributed by atoms with van der Waals surface area (Å²) >= 11 is 0. The van der Waals surface area contributed by atoms with Crippen molar-refractivity contribution in [1.29, 1.82) is 5.26 Å². The van der Waals surface area contributed by atoms with E-state index in [1.807, 2.05) is 54.6 Å². The lowest BCUT2D eigenvalue weighted by Crippen LogP contribution is -2.35. The van der Waals surface area contributed by atoms with E-state index < -0.39 is 0 Å². The van der Waals surface area contributed by atoms with E-state index in [0.29, 0.717) is 12.1 Å². The van der Waals surface area contributed by atoms with Crippen molar-refractivity contribution >= 4 is 23.1 Å². The molecule has 0 N–H and O–H groups in total. The van der Waals surface area contributed by atoms with E-state index in [0.717, 1.165) is 35.1 Å². The second-order valence-corrected chi connectivity index (χ2v) is 7.91. The van der Waals surface area contributed by atoms with Crippen LogP contribution in [0.15, 0.2) is 60.7 Å². The van der Waals surface area contributed by atoms with Gasteiger partial charge in [-0.25, -0.2) is 4.79 Å². The summed E-state index contributed by atoms with van der Waals surface area (Å²) in [4.78, 5) is 14.6. The average Bonchev–Trinajstić information content (AvgIpc) is 3.41. The van der Waals surface area contributed by atoms with E-state index in [2.05, 4.69) is 29.7 Å². The SMILES string of the molecule is CCn1c(C=C[C@@H]2C[C@H](OC)CN2C(=O)OCc2ccccc2)cc2ccc(C#N)cc21. The van der Waals surface area contributed by atoms with Crippen LogP contribution in [0.2, 0.25) is 0 Å². The highest BCUT2D eigenvalue weighted by molar-refractivity contribution is 5.85. The zero-order valence-corrected chi connectivity index (χ0v) is 18.4. The molecule has 1 amide bonds. The number of carbonyl (C=O) groups excluding carboxylic acids is 1. The highest BCUT2D eigenvalue weighted by atomic mass is 16.6. The van der Waals surface area contributed by atoms with E-state index in [1.54, 1.807) is 12.0 Å². The number of methoxy groups -OCH3 is 1. The smallest absolute Gasteiger partial charge is 0.410 e. The fraction of sp³-hybridized carbons (Fsp3) is 0.308. The Bertz CT molecular complexity index is 1160. The number of ether oxygens (including phenoxy) is 2. The lowest BCUT2D eigenvalue weighted by Gasteiger charge is -2.21. The lowest BCUT2D eigenvalue weighted by molar-refractivity contribution is 0.0824. The third-order valence-electron chi connectivity index (χ3n) is 5.95. The molecule has 164 valence electrons. The van der Waals surface area contributed by atoms with Gasteiger partial charge in [0, 0.05) is 30.3 Å². The molecule has 0 radical (unpaired) electrons. The number of benzene rings is 2. The molecule has 1 aliphatic rings. The van der Waals surface area contributed by atoms with Gasteiger partial charge in [-0.3, -0.25) is 4.90 Å². The van der Waals surface area contributed by atoms with Gasteiger partial charge in [0.1, 0.15) is 6.61 Å². The molecule has 2 heterocycles. The second kappa shape index (κ2) is 9.71. The highest BCUT2D eigenvalue weighted by Gasteiger charge is 2.35. The van der Waals surface area contributed by atoms with Crippen LogP contribution in [-0.2, 0) is 22.6 Å². The molecule has 1 fully saturated rings. The number of nitrogens with zero attached hydrogens (tertiary/aromatic N) is 3. The molecular weight excluding hydrogens is 402 g/mol. The molecular formula is C26H27N3O3. The Morgan fingerprint density at radius 2 is 2.03 bits per heavy atom. The summed E-state index contributed by atoms with van der Waals surface area (Å²) in [6.45, 7) is 3.61. The maximum atomic E-state index is 12.8. The summed E-state index contributed by atoms with van der Waals surface area (Å²) in [5.74, 6) is 0. The third kappa shape index (κ3) is 4.53. The van der Waals surface area contributed by atoms with Gasteiger partial charge >= 0.3 is 6.09 Å². The predicted octanol–water partition coefficient (Wildman–Crippen LogP) is 4.97. The quantitative estimate of drug-likeness (QED) is 0.555. The van der Waals surface area contributed by atoms with Gasteiger partial charge in [0.25, 0.3) is 0 Å². The average molecular weight is 430 g/mol. The Balaban J connectivity index is 1.53. The number of likely N-dealkylation sites (tertiary alicyclic amines) is 1. The predicted molar refractivity (Wildman–Crippen MR) is 124 cm³/mol. The van der Waals surface area contributed by atoms with Crippen molar-refractivity contribution in [2.24, 2.45) is 0 Å². The highest BCUT2D eigenvalue weighted by Crippen LogP contribution is 2.26. The molecule has 0 bridgehead atoms. The second-order valence-electron chi connectivity index (χ2n) is 7.91. The van der Waals surface area contributed by atoms with Crippen LogP contribution in [0.25, 0.3) is 17.0 Å². The zero-order chi connectivity index (χ0) is 22.5. The van der Waals surface area contributed by atoms with Gasteiger partial charge in [0.2, 0.25) is 0 Å². The van der Waals surface area contributed by atoms with Crippen molar-refractivity contribution in [3.63, 3.8) is 0 Å². The molecule has 2 atom stereocenters. The van der Waals surface area contributed by atoms with E-state index in [1.165, 1.54) is 0 Å². The van der Waals surface area contributed by atoms with Crippen LogP contribution >= 0.6 is 0 Å². The molecule has 0 spiro atoms. The molecule has 1 saturated heterocycles. The number of aromatic nitrogens is 1. The fourth-order valence-corrected chi connectivity index (χ4v) is 4.24. The van der Waals surface area contributed by atoms with Crippen molar-refractivity contribution in [3.8, 4) is 6.07 Å². The van der Waals surface area contributed by atoms with Crippen molar-refractivity contribution in [3.05, 3.63) is 77.5 Å². The normalized spacial score (nSPS) is 18.3. The standard InChI is InChI=1S/C26H27N3O3/c1-3-28-22(14-21-10-9-20(16-27)13-25(21)28)11-12-23-15-24(31-2)17-29(23)26(30)32-18-19-7-5-4-6-8-19/h4-14,23-24H,3,15,17-18H2,1-2H3/t23-,24+/m1/s1. The molecule has 6 nitrogen and oxygen atoms in total. The number of amides is 1. The molecule has 0 unspecified atom stereocenters. The number of hydrogen-bond donors (Lipinski definition) is 0. The number of nitriles is 1. The minimum absolute atomic E-state index is 0.0239. The monoisotopic (exact) mass is 429 g/mol. The maximum absolute atomic E-state index is 12.8. The summed E-state index contributed by atoms with van der Waals surface area (Å²) in [6, 6.07) is 19.6. The van der Waals surface area contributed by atoms with Crippen LogP contribution in [0.1, 0.15) is 30.2 Å². The first-order valence-electron chi connectivity index (χ1n) is 10.8. The summed E-state index contributed by atoms with van der Waals surface area (Å²) in [7, 11) is 1.67. The molecule has 2 aromatic carbocycles. The topological polar surface area (TPSA) is 67.5 Å². The van der Waals surface area contributed by atoms with Crippen LogP contribution in [-0.4, -0.2) is 41.4 Å². The number of aryl methyl sites for hydroxylation is 1. The Morgan fingerprint density at radius 3 is 2.75 bits per heavy atom. The molecule has 4 rings (SSSR count). The molecule has 0 saturated carbocycles. The zero-order valence-electron chi connectivity index (χ0n) is 18.4. The molecule has 32 heavy (non-hydrogen) atoms. The third-order valence-corrected chi connectivity index (χ3v) is 5.95. The minimum atomic E-state index is -0.335. The van der Waals surface area contributed by atoms with Crippen LogP contribution in [0.5, 0.6) is 0 Å². The minimum Gasteiger partial charge on any atom is -0.445 e. The van der Waals surface area contributed by atoms with Gasteiger partial charge in [0.05, 0.1) is 30.3 Å². The molecule has 6 heteroatoms. The van der Waals surface area contributed by atoms with Gasteiger partial charge < -0.3 is 14.0 Å². The van der Waals surface area contributed by atoms with Crippen LogP contribution < -0.4 is 0 Å². The van der Waals surface area contributed by atoms with Crippen molar-refractivity contribution in [1.82, 2.24) is 9.47 Å². The summed E-state index contributed by atoms with van der Waals surface area (Å²) < 4.78 is 13.3. The number of fused-ring (bicyclic) bond motifs is 1. The van der Waals surface area contributed by atoms with Gasteiger partial charge in [0.15, 0.2) is 0 Å². The van der Waals surface area contributed by atoms with E-state index in [9.17, 15) is 10.1 Å². The Hall–Kier alpha value is -3.56. The van der Waals surface area contributed by atoms with Crippen molar-refractivity contribution in [2.45, 2.75) is 38.6 Å². The van der Waals surface area contributed by atoms with Crippen molar-refractivity contribution < 1.29 is 14.3 Å². The summed E-state index contributed by atoms with van der Waals surface area (Å²) in [5, 5.41) is 10.3. The van der Waals surface area contributed by atoms with Crippen LogP contribution in [0.3, 0.4) is 0 Å². The van der Waals surface area contributed by atoms with Gasteiger partial charge in [-0.05, 0) is 43.2 Å². The first-order valence-corrected chi connectivity index (χ1v) is 10.8. The Kier molecular flexibility index (Phi) is 6.58. The number of hydrogen-bond acceptors (Lipinski definition) is 4. The Labute approximate surface area is 188 Å². The first-order chi connectivity index (χ1) is 15.6. The molecule has 1 aliphatic heterocycles. The maximum Gasteiger partial charge on any atom is 0.410 e. The lowest BCUT2D eigenvalue weighted by atomic mass is 10.1. The van der Waals surface area contributed by atoms with Gasteiger partial charge in [-0.15, -0.1) is 0 Å². The van der Waals surface area contributed by atoms with E-state index in [-0.39, 0.29) is 24.8 Å². The van der Waals surface area contributed by atoms with E-state index in [4.69, 9.17) is 9.47 Å². The van der Waals surface area contributed by atoms with Gasteiger partial charge in [-0.1, -0.05) is 42.5 Å². The molecule has 3 aromatic rings. The van der Waals surface area contributed by atoms with E-state index >= 15 is 0 Å². The first kappa shape index (κ1) is 21.7. The summed E-state index contributed by atoms with van der Waals surface area (Å²) in [6.07, 6.45) is 4.46. The van der Waals surface area contributed by atoms with Crippen LogP contribution in [0, 0.1) is 11.3 Å².